The smallest absolute Gasteiger partial charge is 0.244 e. The lowest BCUT2D eigenvalue weighted by molar-refractivity contribution is -0.107. The molecule has 0 unspecified atom stereocenters. The molecule has 1 fully saturated rings. The van der Waals surface area contributed by atoms with Crippen LogP contribution in [0.3, 0.4) is 0 Å². The molecule has 0 radical (unpaired) electrons. The molecular formula is C10H17ClN2O. The minimum atomic E-state index is -0.402. The quantitative estimate of drug-likeness (QED) is 0.564. The van der Waals surface area contributed by atoms with E-state index >= 15 is 0 Å². The van der Waals surface area contributed by atoms with Gasteiger partial charge in [-0.1, -0.05) is 6.08 Å². The summed E-state index contributed by atoms with van der Waals surface area (Å²) in [5, 5.41) is 3.05. The van der Waals surface area contributed by atoms with E-state index in [2.05, 4.69) is 24.1 Å². The number of carbonyl (C=O) groups is 1. The molecule has 0 amide bonds. The van der Waals surface area contributed by atoms with Crippen molar-refractivity contribution < 1.29 is 4.79 Å². The van der Waals surface area contributed by atoms with Crippen molar-refractivity contribution in [1.82, 2.24) is 10.2 Å². The van der Waals surface area contributed by atoms with Crippen LogP contribution in [0.2, 0.25) is 0 Å². The third kappa shape index (κ3) is 4.22. The second-order valence-electron chi connectivity index (χ2n) is 3.89. The summed E-state index contributed by atoms with van der Waals surface area (Å²) in [6, 6.07) is 1.03. The number of allylic oxidation sites excluding steroid dienone is 1. The summed E-state index contributed by atoms with van der Waals surface area (Å²) in [5.74, 6) is 0. The zero-order valence-electron chi connectivity index (χ0n) is 8.66. The van der Waals surface area contributed by atoms with Crippen LogP contribution in [0.25, 0.3) is 0 Å². The van der Waals surface area contributed by atoms with Crippen molar-refractivity contribution in [3.05, 3.63) is 12.2 Å². The number of nitrogens with zero attached hydrogens (tertiary/aromatic N) is 1. The van der Waals surface area contributed by atoms with Crippen LogP contribution in [0, 0.1) is 0 Å². The SMILES string of the molecule is C[C@@H]1CN(CC=CC(=O)Cl)C[C@H](C)N1. The molecule has 0 aromatic carbocycles. The summed E-state index contributed by atoms with van der Waals surface area (Å²) in [7, 11) is 0. The van der Waals surface area contributed by atoms with E-state index in [9.17, 15) is 4.79 Å². The molecule has 4 heteroatoms. The molecule has 3 nitrogen and oxygen atoms in total. The van der Waals surface area contributed by atoms with Crippen molar-refractivity contribution in [1.29, 1.82) is 0 Å². The fourth-order valence-corrected chi connectivity index (χ4v) is 1.97. The van der Waals surface area contributed by atoms with Gasteiger partial charge in [-0.05, 0) is 31.5 Å². The Hall–Kier alpha value is -0.380. The first-order valence-corrected chi connectivity index (χ1v) is 5.30. The summed E-state index contributed by atoms with van der Waals surface area (Å²) in [6.07, 6.45) is 3.24. The Morgan fingerprint density at radius 3 is 2.57 bits per heavy atom. The van der Waals surface area contributed by atoms with Gasteiger partial charge < -0.3 is 5.32 Å². The van der Waals surface area contributed by atoms with Gasteiger partial charge in [-0.25, -0.2) is 0 Å². The summed E-state index contributed by atoms with van der Waals surface area (Å²) in [4.78, 5) is 12.8. The lowest BCUT2D eigenvalue weighted by Gasteiger charge is -2.35. The van der Waals surface area contributed by atoms with E-state index in [0.29, 0.717) is 12.1 Å². The van der Waals surface area contributed by atoms with Gasteiger partial charge >= 0.3 is 0 Å². The van der Waals surface area contributed by atoms with E-state index in [1.807, 2.05) is 6.08 Å². The van der Waals surface area contributed by atoms with Crippen LogP contribution in [-0.2, 0) is 4.79 Å². The van der Waals surface area contributed by atoms with Crippen LogP contribution in [0.4, 0.5) is 0 Å². The van der Waals surface area contributed by atoms with Crippen LogP contribution in [0.5, 0.6) is 0 Å². The Morgan fingerprint density at radius 1 is 1.50 bits per heavy atom. The molecule has 0 saturated carbocycles. The Balaban J connectivity index is 2.33. The van der Waals surface area contributed by atoms with Gasteiger partial charge in [0.1, 0.15) is 0 Å². The normalized spacial score (nSPS) is 29.6. The lowest BCUT2D eigenvalue weighted by Crippen LogP contribution is -2.54. The molecule has 0 spiro atoms. The minimum Gasteiger partial charge on any atom is -0.309 e. The molecule has 0 bridgehead atoms. The van der Waals surface area contributed by atoms with E-state index in [1.54, 1.807) is 0 Å². The van der Waals surface area contributed by atoms with Crippen LogP contribution in [-0.4, -0.2) is 41.9 Å². The van der Waals surface area contributed by atoms with E-state index in [1.165, 1.54) is 6.08 Å². The van der Waals surface area contributed by atoms with Gasteiger partial charge in [0.2, 0.25) is 5.24 Å². The Morgan fingerprint density at radius 2 is 2.07 bits per heavy atom. The summed E-state index contributed by atoms with van der Waals surface area (Å²) in [6.45, 7) is 7.17. The van der Waals surface area contributed by atoms with Crippen LogP contribution in [0.15, 0.2) is 12.2 Å². The first-order valence-electron chi connectivity index (χ1n) is 4.92. The molecule has 0 aromatic heterocycles. The molecule has 1 saturated heterocycles. The van der Waals surface area contributed by atoms with Crippen LogP contribution in [0.1, 0.15) is 13.8 Å². The fourth-order valence-electron chi connectivity index (χ4n) is 1.88. The molecular weight excluding hydrogens is 200 g/mol. The summed E-state index contributed by atoms with van der Waals surface area (Å²) >= 11 is 5.20. The highest BCUT2D eigenvalue weighted by atomic mass is 35.5. The predicted molar refractivity (Wildman–Crippen MR) is 58.5 cm³/mol. The van der Waals surface area contributed by atoms with Crippen LogP contribution >= 0.6 is 11.6 Å². The zero-order chi connectivity index (χ0) is 10.6. The van der Waals surface area contributed by atoms with Crippen molar-refractivity contribution in [2.75, 3.05) is 19.6 Å². The van der Waals surface area contributed by atoms with Crippen molar-refractivity contribution in [3.8, 4) is 0 Å². The predicted octanol–water partition coefficient (Wildman–Crippen LogP) is 0.990. The average Bonchev–Trinajstić information content (AvgIpc) is 2.01. The Bertz CT molecular complexity index is 220. The second-order valence-corrected chi connectivity index (χ2v) is 4.27. The van der Waals surface area contributed by atoms with E-state index in [-0.39, 0.29) is 0 Å². The highest BCUT2D eigenvalue weighted by Crippen LogP contribution is 2.03. The molecule has 1 aliphatic heterocycles. The first-order chi connectivity index (χ1) is 6.58. The third-order valence-corrected chi connectivity index (χ3v) is 2.37. The zero-order valence-corrected chi connectivity index (χ0v) is 9.42. The molecule has 1 rings (SSSR count). The molecule has 80 valence electrons. The maximum Gasteiger partial charge on any atom is 0.244 e. The van der Waals surface area contributed by atoms with Gasteiger partial charge in [0.15, 0.2) is 0 Å². The second kappa shape index (κ2) is 5.49. The van der Waals surface area contributed by atoms with Gasteiger partial charge in [-0.3, -0.25) is 9.69 Å². The Kier molecular flexibility index (Phi) is 4.58. The summed E-state index contributed by atoms with van der Waals surface area (Å²) in [5.41, 5.74) is 0. The maximum atomic E-state index is 10.5. The fraction of sp³-hybridized carbons (Fsp3) is 0.700. The molecule has 14 heavy (non-hydrogen) atoms. The minimum absolute atomic E-state index is 0.402. The highest BCUT2D eigenvalue weighted by Gasteiger charge is 2.19. The topological polar surface area (TPSA) is 32.3 Å². The lowest BCUT2D eigenvalue weighted by atomic mass is 10.1. The molecule has 1 heterocycles. The van der Waals surface area contributed by atoms with Gasteiger partial charge in [0.25, 0.3) is 0 Å². The average molecular weight is 217 g/mol. The number of piperazine rings is 1. The van der Waals surface area contributed by atoms with Crippen LogP contribution < -0.4 is 5.32 Å². The van der Waals surface area contributed by atoms with Crippen molar-refractivity contribution in [2.24, 2.45) is 0 Å². The molecule has 1 N–H and O–H groups in total. The van der Waals surface area contributed by atoms with Gasteiger partial charge in [0, 0.05) is 31.7 Å². The van der Waals surface area contributed by atoms with E-state index in [4.69, 9.17) is 11.6 Å². The van der Waals surface area contributed by atoms with E-state index in [0.717, 1.165) is 19.6 Å². The third-order valence-electron chi connectivity index (χ3n) is 2.25. The first kappa shape index (κ1) is 11.7. The largest absolute Gasteiger partial charge is 0.309 e. The molecule has 0 aromatic rings. The number of rotatable bonds is 3. The van der Waals surface area contributed by atoms with Gasteiger partial charge in [0.05, 0.1) is 0 Å². The number of nitrogens with one attached hydrogen (secondary N) is 1. The monoisotopic (exact) mass is 216 g/mol. The number of hydrogen-bond donors (Lipinski definition) is 1. The molecule has 2 atom stereocenters. The van der Waals surface area contributed by atoms with Crippen molar-refractivity contribution in [2.45, 2.75) is 25.9 Å². The standard InChI is InChI=1S/C10H17ClN2O/c1-8-6-13(7-9(2)12-8)5-3-4-10(11)14/h3-4,8-9,12H,5-7H2,1-2H3/t8-,9+. The molecule has 0 aliphatic carbocycles. The number of carbonyl (C=O) groups excluding carboxylic acids is 1. The van der Waals surface area contributed by atoms with E-state index < -0.39 is 5.24 Å². The number of halogens is 1. The maximum absolute atomic E-state index is 10.5. The van der Waals surface area contributed by atoms with Crippen molar-refractivity contribution in [3.63, 3.8) is 0 Å². The number of hydrogen-bond acceptors (Lipinski definition) is 3. The summed E-state index contributed by atoms with van der Waals surface area (Å²) < 4.78 is 0. The van der Waals surface area contributed by atoms with Crippen molar-refractivity contribution >= 4 is 16.8 Å². The Labute approximate surface area is 90.1 Å². The highest BCUT2D eigenvalue weighted by molar-refractivity contribution is 6.66. The van der Waals surface area contributed by atoms with Gasteiger partial charge in [-0.15, -0.1) is 0 Å². The molecule has 1 aliphatic rings. The van der Waals surface area contributed by atoms with Gasteiger partial charge in [-0.2, -0.15) is 0 Å².